The van der Waals surface area contributed by atoms with Gasteiger partial charge in [0.1, 0.15) is 0 Å². The second-order valence-corrected chi connectivity index (χ2v) is 4.77. The monoisotopic (exact) mass is 195 g/mol. The van der Waals surface area contributed by atoms with E-state index in [1.54, 1.807) is 7.11 Å². The highest BCUT2D eigenvalue weighted by Crippen LogP contribution is 2.47. The topological polar surface area (TPSA) is 50.9 Å². The average Bonchev–Trinajstić information content (AvgIpc) is 2.87. The molecule has 3 aliphatic rings. The number of aliphatic imine (C=N–C) groups is 1. The summed E-state index contributed by atoms with van der Waals surface area (Å²) in [6, 6.07) is 0.680. The summed E-state index contributed by atoms with van der Waals surface area (Å²) in [5, 5.41) is 0. The van der Waals surface area contributed by atoms with Crippen molar-refractivity contribution < 1.29 is 4.74 Å². The molecule has 0 radical (unpaired) electrons. The second kappa shape index (κ2) is 2.63. The number of rotatable bonds is 2. The summed E-state index contributed by atoms with van der Waals surface area (Å²) in [6.07, 6.45) is 5.21. The summed E-state index contributed by atoms with van der Waals surface area (Å²) in [5.74, 6) is 0.766. The number of guanidine groups is 1. The molecule has 1 spiro atoms. The molecule has 0 atom stereocenters. The largest absolute Gasteiger partial charge is 0.381 e. The van der Waals surface area contributed by atoms with Gasteiger partial charge in [0.25, 0.3) is 0 Å². The van der Waals surface area contributed by atoms with E-state index in [9.17, 15) is 0 Å². The van der Waals surface area contributed by atoms with Gasteiger partial charge in [0.15, 0.2) is 5.96 Å². The molecule has 1 aliphatic heterocycles. The van der Waals surface area contributed by atoms with Crippen LogP contribution in [0.4, 0.5) is 0 Å². The van der Waals surface area contributed by atoms with Gasteiger partial charge >= 0.3 is 0 Å². The highest BCUT2D eigenvalue weighted by molar-refractivity contribution is 5.82. The molecule has 14 heavy (non-hydrogen) atoms. The van der Waals surface area contributed by atoms with Gasteiger partial charge in [-0.05, 0) is 25.7 Å². The molecule has 2 saturated carbocycles. The van der Waals surface area contributed by atoms with Crippen molar-refractivity contribution >= 4 is 5.96 Å². The van der Waals surface area contributed by atoms with E-state index in [2.05, 4.69) is 9.89 Å². The molecule has 3 rings (SSSR count). The molecule has 0 bridgehead atoms. The van der Waals surface area contributed by atoms with Crippen LogP contribution in [-0.4, -0.2) is 42.2 Å². The van der Waals surface area contributed by atoms with Crippen molar-refractivity contribution in [2.45, 2.75) is 43.4 Å². The van der Waals surface area contributed by atoms with E-state index in [0.717, 1.165) is 25.3 Å². The molecule has 2 N–H and O–H groups in total. The molecule has 4 nitrogen and oxygen atoms in total. The van der Waals surface area contributed by atoms with Crippen LogP contribution in [0.3, 0.4) is 0 Å². The Kier molecular flexibility index (Phi) is 1.60. The smallest absolute Gasteiger partial charge is 0.192 e. The molecule has 2 fully saturated rings. The van der Waals surface area contributed by atoms with Gasteiger partial charge in [0.2, 0.25) is 0 Å². The second-order valence-electron chi connectivity index (χ2n) is 4.77. The Balaban J connectivity index is 1.75. The van der Waals surface area contributed by atoms with Gasteiger partial charge in [-0.3, -0.25) is 4.99 Å². The van der Waals surface area contributed by atoms with Crippen molar-refractivity contribution in [2.24, 2.45) is 10.7 Å². The minimum atomic E-state index is 0.242. The van der Waals surface area contributed by atoms with Crippen molar-refractivity contribution in [3.8, 4) is 0 Å². The zero-order valence-corrected chi connectivity index (χ0v) is 8.57. The summed E-state index contributed by atoms with van der Waals surface area (Å²) in [5.41, 5.74) is 6.17. The average molecular weight is 195 g/mol. The molecular weight excluding hydrogens is 178 g/mol. The summed E-state index contributed by atoms with van der Waals surface area (Å²) in [6.45, 7) is 0.884. The molecule has 4 heteroatoms. The summed E-state index contributed by atoms with van der Waals surface area (Å²) in [4.78, 5) is 6.75. The first-order valence-electron chi connectivity index (χ1n) is 5.37. The Morgan fingerprint density at radius 3 is 2.79 bits per heavy atom. The number of hydrogen-bond acceptors (Lipinski definition) is 4. The van der Waals surface area contributed by atoms with Crippen molar-refractivity contribution in [1.82, 2.24) is 4.90 Å². The number of hydrogen-bond donors (Lipinski definition) is 1. The molecule has 0 aromatic heterocycles. The van der Waals surface area contributed by atoms with Crippen molar-refractivity contribution in [1.29, 1.82) is 0 Å². The van der Waals surface area contributed by atoms with Crippen LogP contribution in [-0.2, 0) is 4.74 Å². The minimum absolute atomic E-state index is 0.242. The zero-order valence-electron chi connectivity index (χ0n) is 8.57. The molecule has 1 heterocycles. The van der Waals surface area contributed by atoms with Crippen LogP contribution >= 0.6 is 0 Å². The van der Waals surface area contributed by atoms with Gasteiger partial charge in [-0.1, -0.05) is 0 Å². The zero-order chi connectivity index (χ0) is 9.76. The van der Waals surface area contributed by atoms with E-state index in [4.69, 9.17) is 10.5 Å². The molecule has 78 valence electrons. The lowest BCUT2D eigenvalue weighted by molar-refractivity contribution is -0.0585. The standard InChI is InChI=1S/C10H17N3O/c1-14-8-4-10(5-8)6-12-9(11)13(10)7-2-3-7/h7-8H,2-6H2,1H3,(H2,11,12). The predicted octanol–water partition coefficient (Wildman–Crippen LogP) is 0.327. The highest BCUT2D eigenvalue weighted by atomic mass is 16.5. The van der Waals surface area contributed by atoms with Gasteiger partial charge in [0, 0.05) is 13.2 Å². The maximum Gasteiger partial charge on any atom is 0.192 e. The number of methoxy groups -OCH3 is 1. The van der Waals surface area contributed by atoms with Gasteiger partial charge in [-0.2, -0.15) is 0 Å². The van der Waals surface area contributed by atoms with E-state index in [0.29, 0.717) is 12.1 Å². The Morgan fingerprint density at radius 2 is 2.21 bits per heavy atom. The fourth-order valence-corrected chi connectivity index (χ4v) is 2.81. The third kappa shape index (κ3) is 1.00. The quantitative estimate of drug-likeness (QED) is 0.690. The Labute approximate surface area is 84.1 Å². The van der Waals surface area contributed by atoms with E-state index in [1.807, 2.05) is 0 Å². The lowest BCUT2D eigenvalue weighted by Gasteiger charge is -2.50. The lowest BCUT2D eigenvalue weighted by Crippen LogP contribution is -2.62. The van der Waals surface area contributed by atoms with E-state index < -0.39 is 0 Å². The van der Waals surface area contributed by atoms with Crippen LogP contribution in [0, 0.1) is 0 Å². The fourth-order valence-electron chi connectivity index (χ4n) is 2.81. The Bertz CT molecular complexity index is 279. The van der Waals surface area contributed by atoms with E-state index in [1.165, 1.54) is 12.8 Å². The molecule has 0 unspecified atom stereocenters. The van der Waals surface area contributed by atoms with E-state index >= 15 is 0 Å². The third-order valence-electron chi connectivity index (χ3n) is 3.75. The first-order chi connectivity index (χ1) is 6.75. The van der Waals surface area contributed by atoms with Crippen LogP contribution in [0.1, 0.15) is 25.7 Å². The van der Waals surface area contributed by atoms with Gasteiger partial charge in [-0.15, -0.1) is 0 Å². The SMILES string of the molecule is COC1CC2(CN=C(N)N2C2CC2)C1. The summed E-state index contributed by atoms with van der Waals surface area (Å²) >= 11 is 0. The van der Waals surface area contributed by atoms with Gasteiger partial charge in [-0.25, -0.2) is 0 Å². The van der Waals surface area contributed by atoms with Crippen LogP contribution in [0.5, 0.6) is 0 Å². The van der Waals surface area contributed by atoms with Crippen LogP contribution in [0.25, 0.3) is 0 Å². The molecule has 0 amide bonds. The van der Waals surface area contributed by atoms with Gasteiger partial charge in [0.05, 0.1) is 18.2 Å². The Hall–Kier alpha value is -0.770. The van der Waals surface area contributed by atoms with Crippen LogP contribution in [0.2, 0.25) is 0 Å². The minimum Gasteiger partial charge on any atom is -0.381 e. The van der Waals surface area contributed by atoms with E-state index in [-0.39, 0.29) is 5.54 Å². The maximum atomic E-state index is 5.93. The van der Waals surface area contributed by atoms with Gasteiger partial charge < -0.3 is 15.4 Å². The number of nitrogens with zero attached hydrogens (tertiary/aromatic N) is 2. The van der Waals surface area contributed by atoms with Crippen molar-refractivity contribution in [3.05, 3.63) is 0 Å². The highest BCUT2D eigenvalue weighted by Gasteiger charge is 2.56. The molecule has 0 aromatic carbocycles. The first kappa shape index (κ1) is 8.53. The van der Waals surface area contributed by atoms with Crippen molar-refractivity contribution in [2.75, 3.05) is 13.7 Å². The summed E-state index contributed by atoms with van der Waals surface area (Å²) < 4.78 is 5.34. The molecular formula is C10H17N3O. The summed E-state index contributed by atoms with van der Waals surface area (Å²) in [7, 11) is 1.79. The maximum absolute atomic E-state index is 5.93. The molecule has 0 saturated heterocycles. The van der Waals surface area contributed by atoms with Crippen LogP contribution in [0.15, 0.2) is 4.99 Å². The normalized spacial score (nSPS) is 41.4. The van der Waals surface area contributed by atoms with Crippen LogP contribution < -0.4 is 5.73 Å². The number of ether oxygens (including phenoxy) is 1. The fraction of sp³-hybridized carbons (Fsp3) is 0.900. The Morgan fingerprint density at radius 1 is 1.50 bits per heavy atom. The first-order valence-corrected chi connectivity index (χ1v) is 5.37. The number of nitrogens with two attached hydrogens (primary N) is 1. The molecule has 0 aromatic rings. The predicted molar refractivity (Wildman–Crippen MR) is 54.1 cm³/mol. The lowest BCUT2D eigenvalue weighted by atomic mass is 9.73. The van der Waals surface area contributed by atoms with Crippen molar-refractivity contribution in [3.63, 3.8) is 0 Å². The molecule has 2 aliphatic carbocycles. The third-order valence-corrected chi connectivity index (χ3v) is 3.75.